The first-order valence-electron chi connectivity index (χ1n) is 11.3. The topological polar surface area (TPSA) is 52.1 Å². The highest BCUT2D eigenvalue weighted by atomic mass is 16.5. The molecule has 1 saturated heterocycles. The van der Waals surface area contributed by atoms with Gasteiger partial charge in [0.15, 0.2) is 5.96 Å². The number of unbranched alkanes of at least 4 members (excludes halogenated alkanes) is 1. The number of benzene rings is 1. The van der Waals surface area contributed by atoms with Gasteiger partial charge in [0.25, 0.3) is 0 Å². The molecule has 1 aliphatic heterocycles. The van der Waals surface area contributed by atoms with E-state index in [0.717, 1.165) is 31.2 Å². The van der Waals surface area contributed by atoms with Gasteiger partial charge in [-0.25, -0.2) is 4.99 Å². The van der Waals surface area contributed by atoms with Gasteiger partial charge in [0.05, 0.1) is 6.54 Å². The quantitative estimate of drug-likeness (QED) is 0.338. The van der Waals surface area contributed by atoms with Gasteiger partial charge in [0, 0.05) is 39.3 Å². The minimum absolute atomic E-state index is 0.0362. The molecule has 1 aromatic carbocycles. The molecule has 1 aromatic rings. The third-order valence-electron chi connectivity index (χ3n) is 5.28. The van der Waals surface area contributed by atoms with Crippen LogP contribution >= 0.6 is 0 Å². The van der Waals surface area contributed by atoms with Gasteiger partial charge in [-0.15, -0.1) is 0 Å². The fourth-order valence-electron chi connectivity index (χ4n) is 3.52. The Morgan fingerprint density at radius 3 is 2.55 bits per heavy atom. The van der Waals surface area contributed by atoms with E-state index in [9.17, 15) is 0 Å². The van der Waals surface area contributed by atoms with Crippen molar-refractivity contribution in [2.45, 2.75) is 46.6 Å². The Hall–Kier alpha value is -1.79. The molecule has 6 heteroatoms. The van der Waals surface area contributed by atoms with Crippen molar-refractivity contribution in [1.29, 1.82) is 0 Å². The van der Waals surface area contributed by atoms with Gasteiger partial charge < -0.3 is 25.2 Å². The Labute approximate surface area is 177 Å². The van der Waals surface area contributed by atoms with Gasteiger partial charge in [0.1, 0.15) is 11.9 Å². The van der Waals surface area contributed by atoms with Crippen molar-refractivity contribution >= 4 is 5.96 Å². The second-order valence-corrected chi connectivity index (χ2v) is 7.87. The van der Waals surface area contributed by atoms with Crippen LogP contribution < -0.4 is 15.4 Å². The van der Waals surface area contributed by atoms with Gasteiger partial charge in [-0.1, -0.05) is 19.1 Å². The summed E-state index contributed by atoms with van der Waals surface area (Å²) >= 11 is 0. The molecule has 1 heterocycles. The molecule has 1 fully saturated rings. The minimum atomic E-state index is 0.0362. The Bertz CT molecular complexity index is 599. The first-order chi connectivity index (χ1) is 14.1. The Balaban J connectivity index is 1.64. The second kappa shape index (κ2) is 13.4. The van der Waals surface area contributed by atoms with Crippen molar-refractivity contribution in [1.82, 2.24) is 20.4 Å². The van der Waals surface area contributed by atoms with Crippen molar-refractivity contribution in [3.63, 3.8) is 0 Å². The van der Waals surface area contributed by atoms with E-state index in [1.54, 1.807) is 0 Å². The van der Waals surface area contributed by atoms with Crippen molar-refractivity contribution in [3.05, 3.63) is 29.8 Å². The number of ether oxygens (including phenoxy) is 1. The lowest BCUT2D eigenvalue weighted by molar-refractivity contribution is 0.136. The standard InChI is InChI=1S/C23H41N5O/c1-5-24-23(26-19-21(4)29-22-11-9-10-20(3)18-22)25-12-7-8-13-28-16-14-27(6-2)15-17-28/h9-11,18,21H,5-8,12-17,19H2,1-4H3,(H2,24,25,26). The second-order valence-electron chi connectivity index (χ2n) is 7.87. The van der Waals surface area contributed by atoms with Gasteiger partial charge in [-0.2, -0.15) is 0 Å². The average Bonchev–Trinajstić information content (AvgIpc) is 2.72. The highest BCUT2D eigenvalue weighted by Crippen LogP contribution is 2.14. The van der Waals surface area contributed by atoms with Crippen LogP contribution in [-0.2, 0) is 0 Å². The van der Waals surface area contributed by atoms with Crippen LogP contribution in [0.1, 0.15) is 39.2 Å². The van der Waals surface area contributed by atoms with Crippen LogP contribution in [0.2, 0.25) is 0 Å². The van der Waals surface area contributed by atoms with Gasteiger partial charge in [0.2, 0.25) is 0 Å². The summed E-state index contributed by atoms with van der Waals surface area (Å²) in [7, 11) is 0. The number of aliphatic imine (C=N–C) groups is 1. The Kier molecular flexibility index (Phi) is 10.9. The molecule has 6 nitrogen and oxygen atoms in total. The van der Waals surface area contributed by atoms with Gasteiger partial charge in [-0.3, -0.25) is 0 Å². The number of hydrogen-bond donors (Lipinski definition) is 2. The molecule has 0 bridgehead atoms. The maximum atomic E-state index is 5.98. The van der Waals surface area contributed by atoms with Crippen LogP contribution in [-0.4, -0.2) is 80.8 Å². The minimum Gasteiger partial charge on any atom is -0.489 e. The number of nitrogens with zero attached hydrogens (tertiary/aromatic N) is 3. The third kappa shape index (κ3) is 9.50. The number of rotatable bonds is 11. The molecule has 0 aliphatic carbocycles. The zero-order valence-corrected chi connectivity index (χ0v) is 18.9. The molecule has 0 saturated carbocycles. The fraction of sp³-hybridized carbons (Fsp3) is 0.696. The summed E-state index contributed by atoms with van der Waals surface area (Å²) in [5.41, 5.74) is 1.21. The van der Waals surface area contributed by atoms with Gasteiger partial charge in [-0.05, 0) is 64.4 Å². The Morgan fingerprint density at radius 2 is 1.86 bits per heavy atom. The van der Waals surface area contributed by atoms with Crippen molar-refractivity contribution in [2.75, 3.05) is 58.9 Å². The molecule has 2 rings (SSSR count). The smallest absolute Gasteiger partial charge is 0.191 e. The van der Waals surface area contributed by atoms with E-state index < -0.39 is 0 Å². The number of piperazine rings is 1. The maximum absolute atomic E-state index is 5.98. The highest BCUT2D eigenvalue weighted by Gasteiger charge is 2.14. The zero-order valence-electron chi connectivity index (χ0n) is 18.9. The van der Waals surface area contributed by atoms with Crippen LogP contribution in [0.25, 0.3) is 0 Å². The molecular weight excluding hydrogens is 362 g/mol. The number of hydrogen-bond acceptors (Lipinski definition) is 4. The van der Waals surface area contributed by atoms with E-state index in [0.29, 0.717) is 6.54 Å². The SMILES string of the molecule is CCNC(=NCC(C)Oc1cccc(C)c1)NCCCCN1CCN(CC)CC1. The highest BCUT2D eigenvalue weighted by molar-refractivity contribution is 5.79. The average molecular weight is 404 g/mol. The van der Waals surface area contributed by atoms with Crippen molar-refractivity contribution in [2.24, 2.45) is 4.99 Å². The number of aryl methyl sites for hydroxylation is 1. The van der Waals surface area contributed by atoms with E-state index in [2.05, 4.69) is 60.3 Å². The summed E-state index contributed by atoms with van der Waals surface area (Å²) in [6.07, 6.45) is 2.42. The molecule has 164 valence electrons. The normalized spacial score (nSPS) is 17.2. The molecule has 1 atom stereocenters. The predicted molar refractivity (Wildman–Crippen MR) is 123 cm³/mol. The molecule has 2 N–H and O–H groups in total. The summed E-state index contributed by atoms with van der Waals surface area (Å²) in [4.78, 5) is 9.81. The monoisotopic (exact) mass is 403 g/mol. The molecule has 0 amide bonds. The van der Waals surface area contributed by atoms with Crippen molar-refractivity contribution < 1.29 is 4.74 Å². The fourth-order valence-corrected chi connectivity index (χ4v) is 3.52. The first kappa shape index (κ1) is 23.5. The van der Waals surface area contributed by atoms with Crippen molar-refractivity contribution in [3.8, 4) is 5.75 Å². The summed E-state index contributed by atoms with van der Waals surface area (Å²) in [6.45, 7) is 18.2. The third-order valence-corrected chi connectivity index (χ3v) is 5.28. The van der Waals surface area contributed by atoms with Crippen LogP contribution in [0, 0.1) is 6.92 Å². The lowest BCUT2D eigenvalue weighted by Crippen LogP contribution is -2.46. The van der Waals surface area contributed by atoms with E-state index in [1.807, 2.05) is 12.1 Å². The zero-order chi connectivity index (χ0) is 20.9. The summed E-state index contributed by atoms with van der Waals surface area (Å²) < 4.78 is 5.98. The lowest BCUT2D eigenvalue weighted by Gasteiger charge is -2.34. The number of nitrogens with one attached hydrogen (secondary N) is 2. The molecular formula is C23H41N5O. The van der Waals surface area contributed by atoms with Crippen LogP contribution in [0.5, 0.6) is 5.75 Å². The van der Waals surface area contributed by atoms with Crippen LogP contribution in [0.15, 0.2) is 29.3 Å². The lowest BCUT2D eigenvalue weighted by atomic mass is 10.2. The number of guanidine groups is 1. The first-order valence-corrected chi connectivity index (χ1v) is 11.3. The van der Waals surface area contributed by atoms with E-state index >= 15 is 0 Å². The van der Waals surface area contributed by atoms with Crippen LogP contribution in [0.4, 0.5) is 0 Å². The summed E-state index contributed by atoms with van der Waals surface area (Å²) in [5.74, 6) is 1.79. The molecule has 29 heavy (non-hydrogen) atoms. The summed E-state index contributed by atoms with van der Waals surface area (Å²) in [5, 5.41) is 6.79. The molecule has 1 unspecified atom stereocenters. The molecule has 0 spiro atoms. The van der Waals surface area contributed by atoms with E-state index in [-0.39, 0.29) is 6.10 Å². The Morgan fingerprint density at radius 1 is 1.10 bits per heavy atom. The maximum Gasteiger partial charge on any atom is 0.191 e. The van der Waals surface area contributed by atoms with Crippen LogP contribution in [0.3, 0.4) is 0 Å². The molecule has 0 radical (unpaired) electrons. The molecule has 0 aromatic heterocycles. The largest absolute Gasteiger partial charge is 0.489 e. The predicted octanol–water partition coefficient (Wildman–Crippen LogP) is 2.74. The van der Waals surface area contributed by atoms with E-state index in [4.69, 9.17) is 9.73 Å². The number of likely N-dealkylation sites (N-methyl/N-ethyl adjacent to an activating group) is 1. The van der Waals surface area contributed by atoms with E-state index in [1.165, 1.54) is 51.3 Å². The molecule has 1 aliphatic rings. The van der Waals surface area contributed by atoms with Gasteiger partial charge >= 0.3 is 0 Å². The summed E-state index contributed by atoms with van der Waals surface area (Å²) in [6, 6.07) is 8.16.